The van der Waals surface area contributed by atoms with Gasteiger partial charge in [0.15, 0.2) is 5.82 Å². The predicted octanol–water partition coefficient (Wildman–Crippen LogP) is 3.98. The molecular weight excluding hydrogens is 364 g/mol. The van der Waals surface area contributed by atoms with Crippen LogP contribution in [0.15, 0.2) is 54.6 Å². The van der Waals surface area contributed by atoms with Crippen LogP contribution in [-0.4, -0.2) is 47.1 Å². The molecule has 1 aromatic heterocycles. The zero-order valence-corrected chi connectivity index (χ0v) is 16.7. The summed E-state index contributed by atoms with van der Waals surface area (Å²) >= 11 is 0. The standard InChI is InChI=1S/C23H24N4O2/c1-16-7-6-10-19(17(16)2)24-21-15-20(23(28)27-11-13-29-14-12-27)25-22(26-21)18-8-4-3-5-9-18/h3-10,15H,11-14H2,1-2H3,(H,24,25,26). The number of morpholine rings is 1. The smallest absolute Gasteiger partial charge is 0.272 e. The molecule has 0 spiro atoms. The summed E-state index contributed by atoms with van der Waals surface area (Å²) in [6.45, 7) is 6.39. The summed E-state index contributed by atoms with van der Waals surface area (Å²) in [6, 6.07) is 17.5. The first-order valence-electron chi connectivity index (χ1n) is 9.76. The molecule has 148 valence electrons. The second kappa shape index (κ2) is 8.41. The monoisotopic (exact) mass is 388 g/mol. The van der Waals surface area contributed by atoms with Crippen molar-refractivity contribution in [3.8, 4) is 11.4 Å². The summed E-state index contributed by atoms with van der Waals surface area (Å²) in [5, 5.41) is 3.37. The molecule has 1 aliphatic rings. The number of carbonyl (C=O) groups excluding carboxylic acids is 1. The highest BCUT2D eigenvalue weighted by atomic mass is 16.5. The first-order chi connectivity index (χ1) is 14.1. The maximum absolute atomic E-state index is 13.1. The lowest BCUT2D eigenvalue weighted by Crippen LogP contribution is -2.41. The van der Waals surface area contributed by atoms with Gasteiger partial charge in [-0.15, -0.1) is 0 Å². The van der Waals surface area contributed by atoms with E-state index in [0.29, 0.717) is 43.6 Å². The second-order valence-corrected chi connectivity index (χ2v) is 7.11. The number of ether oxygens (including phenoxy) is 1. The van der Waals surface area contributed by atoms with Gasteiger partial charge in [0.2, 0.25) is 0 Å². The van der Waals surface area contributed by atoms with Crippen molar-refractivity contribution in [2.75, 3.05) is 31.6 Å². The Morgan fingerprint density at radius 3 is 2.52 bits per heavy atom. The minimum atomic E-state index is -0.100. The Labute approximate surface area is 170 Å². The molecule has 29 heavy (non-hydrogen) atoms. The first kappa shape index (κ1) is 19.1. The van der Waals surface area contributed by atoms with Gasteiger partial charge in [0.05, 0.1) is 13.2 Å². The molecule has 4 rings (SSSR count). The third kappa shape index (κ3) is 4.27. The lowest BCUT2D eigenvalue weighted by molar-refractivity contribution is 0.0299. The number of aromatic nitrogens is 2. The van der Waals surface area contributed by atoms with Gasteiger partial charge in [0.25, 0.3) is 5.91 Å². The Morgan fingerprint density at radius 2 is 1.76 bits per heavy atom. The fraction of sp³-hybridized carbons (Fsp3) is 0.261. The van der Waals surface area contributed by atoms with Gasteiger partial charge in [-0.1, -0.05) is 42.5 Å². The summed E-state index contributed by atoms with van der Waals surface area (Å²) in [4.78, 5) is 24.1. The number of amides is 1. The van der Waals surface area contributed by atoms with Crippen LogP contribution in [0.1, 0.15) is 21.6 Å². The lowest BCUT2D eigenvalue weighted by atomic mass is 10.1. The van der Waals surface area contributed by atoms with Crippen LogP contribution in [0.4, 0.5) is 11.5 Å². The summed E-state index contributed by atoms with van der Waals surface area (Å²) in [5.41, 5.74) is 4.56. The second-order valence-electron chi connectivity index (χ2n) is 7.11. The average Bonchev–Trinajstić information content (AvgIpc) is 2.77. The molecule has 0 saturated carbocycles. The van der Waals surface area contributed by atoms with Crippen LogP contribution < -0.4 is 5.32 Å². The van der Waals surface area contributed by atoms with Crippen molar-refractivity contribution in [1.29, 1.82) is 0 Å². The zero-order chi connectivity index (χ0) is 20.2. The van der Waals surface area contributed by atoms with Gasteiger partial charge in [0.1, 0.15) is 11.5 Å². The van der Waals surface area contributed by atoms with Crippen molar-refractivity contribution in [1.82, 2.24) is 14.9 Å². The highest BCUT2D eigenvalue weighted by molar-refractivity contribution is 5.93. The SMILES string of the molecule is Cc1cccc(Nc2cc(C(=O)N3CCOCC3)nc(-c3ccccc3)n2)c1C. The van der Waals surface area contributed by atoms with E-state index in [2.05, 4.69) is 35.2 Å². The highest BCUT2D eigenvalue weighted by Gasteiger charge is 2.21. The normalized spacial score (nSPS) is 13.9. The zero-order valence-electron chi connectivity index (χ0n) is 16.7. The van der Waals surface area contributed by atoms with Gasteiger partial charge in [-0.3, -0.25) is 4.79 Å². The van der Waals surface area contributed by atoms with E-state index in [4.69, 9.17) is 4.74 Å². The van der Waals surface area contributed by atoms with Crippen LogP contribution >= 0.6 is 0 Å². The van der Waals surface area contributed by atoms with E-state index >= 15 is 0 Å². The fourth-order valence-electron chi connectivity index (χ4n) is 3.29. The molecule has 0 bridgehead atoms. The summed E-state index contributed by atoms with van der Waals surface area (Å²) in [6.07, 6.45) is 0. The number of anilines is 2. The molecule has 0 atom stereocenters. The van der Waals surface area contributed by atoms with Crippen LogP contribution in [0, 0.1) is 13.8 Å². The van der Waals surface area contributed by atoms with Gasteiger partial charge in [-0.25, -0.2) is 9.97 Å². The summed E-state index contributed by atoms with van der Waals surface area (Å²) < 4.78 is 5.37. The predicted molar refractivity (Wildman–Crippen MR) is 113 cm³/mol. The van der Waals surface area contributed by atoms with Crippen LogP contribution in [0.25, 0.3) is 11.4 Å². The largest absolute Gasteiger partial charge is 0.378 e. The van der Waals surface area contributed by atoms with Crippen molar-refractivity contribution >= 4 is 17.4 Å². The Bertz CT molecular complexity index is 1010. The first-order valence-corrected chi connectivity index (χ1v) is 9.76. The Morgan fingerprint density at radius 1 is 1.00 bits per heavy atom. The van der Waals surface area contributed by atoms with Gasteiger partial charge >= 0.3 is 0 Å². The topological polar surface area (TPSA) is 67.4 Å². The van der Waals surface area contributed by atoms with Gasteiger partial charge < -0.3 is 15.0 Å². The molecule has 0 unspecified atom stereocenters. The molecule has 0 radical (unpaired) electrons. The van der Waals surface area contributed by atoms with Crippen LogP contribution in [-0.2, 0) is 4.74 Å². The van der Waals surface area contributed by atoms with E-state index in [1.165, 1.54) is 5.56 Å². The molecular formula is C23H24N4O2. The van der Waals surface area contributed by atoms with Crippen LogP contribution in [0.5, 0.6) is 0 Å². The number of carbonyl (C=O) groups is 1. The molecule has 3 aromatic rings. The maximum atomic E-state index is 13.1. The average molecular weight is 388 g/mol. The van der Waals surface area contributed by atoms with Crippen molar-refractivity contribution in [3.05, 3.63) is 71.4 Å². The number of hydrogen-bond acceptors (Lipinski definition) is 5. The lowest BCUT2D eigenvalue weighted by Gasteiger charge is -2.26. The number of aryl methyl sites for hydroxylation is 1. The van der Waals surface area contributed by atoms with Gasteiger partial charge in [-0.2, -0.15) is 0 Å². The van der Waals surface area contributed by atoms with Crippen LogP contribution in [0.3, 0.4) is 0 Å². The van der Waals surface area contributed by atoms with Gasteiger partial charge in [-0.05, 0) is 31.0 Å². The van der Waals surface area contributed by atoms with Crippen molar-refractivity contribution < 1.29 is 9.53 Å². The number of rotatable bonds is 4. The molecule has 1 saturated heterocycles. The van der Waals surface area contributed by atoms with Crippen molar-refractivity contribution in [2.24, 2.45) is 0 Å². The molecule has 2 aromatic carbocycles. The van der Waals surface area contributed by atoms with Gasteiger partial charge in [0, 0.05) is 30.4 Å². The van der Waals surface area contributed by atoms with E-state index < -0.39 is 0 Å². The van der Waals surface area contributed by atoms with Crippen molar-refractivity contribution in [2.45, 2.75) is 13.8 Å². The molecule has 6 heteroatoms. The number of nitrogens with one attached hydrogen (secondary N) is 1. The molecule has 1 amide bonds. The third-order valence-corrected chi connectivity index (χ3v) is 5.14. The molecule has 6 nitrogen and oxygen atoms in total. The molecule has 0 aliphatic carbocycles. The third-order valence-electron chi connectivity index (χ3n) is 5.14. The molecule has 2 heterocycles. The Kier molecular flexibility index (Phi) is 5.53. The van der Waals surface area contributed by atoms with E-state index in [-0.39, 0.29) is 5.91 Å². The number of nitrogens with zero attached hydrogens (tertiary/aromatic N) is 3. The fourth-order valence-corrected chi connectivity index (χ4v) is 3.29. The summed E-state index contributed by atoms with van der Waals surface area (Å²) in [7, 11) is 0. The summed E-state index contributed by atoms with van der Waals surface area (Å²) in [5.74, 6) is 1.03. The van der Waals surface area contributed by atoms with E-state index in [1.54, 1.807) is 11.0 Å². The highest BCUT2D eigenvalue weighted by Crippen LogP contribution is 2.25. The molecule has 1 N–H and O–H groups in total. The minimum Gasteiger partial charge on any atom is -0.378 e. The van der Waals surface area contributed by atoms with E-state index in [9.17, 15) is 4.79 Å². The molecule has 1 fully saturated rings. The number of hydrogen-bond donors (Lipinski definition) is 1. The van der Waals surface area contributed by atoms with Crippen molar-refractivity contribution in [3.63, 3.8) is 0 Å². The maximum Gasteiger partial charge on any atom is 0.272 e. The Hall–Kier alpha value is -3.25. The van der Waals surface area contributed by atoms with E-state index in [1.807, 2.05) is 42.5 Å². The number of benzene rings is 2. The minimum absolute atomic E-state index is 0.100. The quantitative estimate of drug-likeness (QED) is 0.732. The van der Waals surface area contributed by atoms with Crippen LogP contribution in [0.2, 0.25) is 0 Å². The van der Waals surface area contributed by atoms with E-state index in [0.717, 1.165) is 16.8 Å². The Balaban J connectivity index is 1.73. The molecule has 1 aliphatic heterocycles.